The molecule has 1 N–H and O–H groups in total. The molecule has 2 aromatic carbocycles. The maximum absolute atomic E-state index is 12.9. The van der Waals surface area contributed by atoms with Crippen LogP contribution >= 0.6 is 23.2 Å². The van der Waals surface area contributed by atoms with Crippen LogP contribution in [0.25, 0.3) is 10.9 Å². The number of aryl methyl sites for hydroxylation is 1. The van der Waals surface area contributed by atoms with Crippen LogP contribution in [0.4, 0.5) is 5.69 Å². The minimum Gasteiger partial charge on any atom is -0.350 e. The predicted octanol–water partition coefficient (Wildman–Crippen LogP) is 4.87. The van der Waals surface area contributed by atoms with Gasteiger partial charge in [-0.3, -0.25) is 9.59 Å². The molecule has 3 rings (SSSR count). The fourth-order valence-corrected chi connectivity index (χ4v) is 3.07. The first-order chi connectivity index (χ1) is 11.4. The molecule has 24 heavy (non-hydrogen) atoms. The lowest BCUT2D eigenvalue weighted by molar-refractivity contribution is 0.0982. The third-order valence-corrected chi connectivity index (χ3v) is 4.73. The molecule has 1 aromatic heterocycles. The number of hydrogen-bond acceptors (Lipinski definition) is 2. The van der Waals surface area contributed by atoms with Gasteiger partial charge in [-0.25, -0.2) is 0 Å². The smallest absolute Gasteiger partial charge is 0.275 e. The Morgan fingerprint density at radius 3 is 2.67 bits per heavy atom. The second kappa shape index (κ2) is 6.30. The summed E-state index contributed by atoms with van der Waals surface area (Å²) in [5, 5.41) is 1.37. The zero-order valence-corrected chi connectivity index (χ0v) is 14.6. The molecular formula is C18H14Cl2N2O2. The standard InChI is InChI=1S/C18H14Cl2N2O2/c1-10-6-7-14-11(8-10)12(9-23)17(21-14)18(24)22(2)15-5-3-4-13(19)16(15)20/h3-9,21H,1-2H3. The van der Waals surface area contributed by atoms with Gasteiger partial charge < -0.3 is 9.88 Å². The van der Waals surface area contributed by atoms with E-state index < -0.39 is 0 Å². The average Bonchev–Trinajstić information content (AvgIpc) is 2.93. The summed E-state index contributed by atoms with van der Waals surface area (Å²) in [6.45, 7) is 1.93. The first-order valence-corrected chi connectivity index (χ1v) is 7.99. The Morgan fingerprint density at radius 2 is 1.96 bits per heavy atom. The highest BCUT2D eigenvalue weighted by Crippen LogP contribution is 2.33. The number of amides is 1. The van der Waals surface area contributed by atoms with E-state index in [0.717, 1.165) is 16.5 Å². The lowest BCUT2D eigenvalue weighted by atomic mass is 10.1. The third kappa shape index (κ3) is 2.68. The molecule has 0 unspecified atom stereocenters. The van der Waals surface area contributed by atoms with Gasteiger partial charge in [0.25, 0.3) is 5.91 Å². The maximum atomic E-state index is 12.9. The third-order valence-electron chi connectivity index (χ3n) is 3.92. The monoisotopic (exact) mass is 360 g/mol. The van der Waals surface area contributed by atoms with Crippen molar-refractivity contribution in [1.82, 2.24) is 4.98 Å². The molecule has 0 bridgehead atoms. The highest BCUT2D eigenvalue weighted by atomic mass is 35.5. The van der Waals surface area contributed by atoms with Gasteiger partial charge in [-0.05, 0) is 31.2 Å². The van der Waals surface area contributed by atoms with Gasteiger partial charge in [-0.1, -0.05) is 40.9 Å². The summed E-state index contributed by atoms with van der Waals surface area (Å²) >= 11 is 12.2. The lowest BCUT2D eigenvalue weighted by Crippen LogP contribution is -2.27. The van der Waals surface area contributed by atoms with Crippen LogP contribution in [-0.2, 0) is 0 Å². The number of benzene rings is 2. The van der Waals surface area contributed by atoms with Gasteiger partial charge in [0, 0.05) is 18.0 Å². The van der Waals surface area contributed by atoms with Crippen molar-refractivity contribution in [3.8, 4) is 0 Å². The van der Waals surface area contributed by atoms with Crippen molar-refractivity contribution < 1.29 is 9.59 Å². The largest absolute Gasteiger partial charge is 0.350 e. The molecule has 0 saturated heterocycles. The molecule has 0 radical (unpaired) electrons. The van der Waals surface area contributed by atoms with Crippen molar-refractivity contribution in [1.29, 1.82) is 0 Å². The molecule has 6 heteroatoms. The Kier molecular flexibility index (Phi) is 4.35. The van der Waals surface area contributed by atoms with Crippen LogP contribution in [0.15, 0.2) is 36.4 Å². The minimum absolute atomic E-state index is 0.226. The summed E-state index contributed by atoms with van der Waals surface area (Å²) in [6, 6.07) is 10.7. The molecule has 0 spiro atoms. The number of carbonyl (C=O) groups is 2. The van der Waals surface area contributed by atoms with Gasteiger partial charge in [0.15, 0.2) is 6.29 Å². The number of H-pyrrole nitrogens is 1. The van der Waals surface area contributed by atoms with Gasteiger partial charge in [0.2, 0.25) is 0 Å². The molecule has 122 valence electrons. The van der Waals surface area contributed by atoms with E-state index in [1.807, 2.05) is 25.1 Å². The van der Waals surface area contributed by atoms with Gasteiger partial charge in [-0.15, -0.1) is 0 Å². The van der Waals surface area contributed by atoms with E-state index in [4.69, 9.17) is 23.2 Å². The molecule has 1 amide bonds. The number of hydrogen-bond donors (Lipinski definition) is 1. The predicted molar refractivity (Wildman–Crippen MR) is 97.6 cm³/mol. The Balaban J connectivity index is 2.11. The summed E-state index contributed by atoms with van der Waals surface area (Å²) in [4.78, 5) is 28.8. The molecule has 0 fully saturated rings. The molecule has 0 aliphatic heterocycles. The molecule has 0 atom stereocenters. The Bertz CT molecular complexity index is 963. The minimum atomic E-state index is -0.366. The van der Waals surface area contributed by atoms with Crippen LogP contribution in [0.5, 0.6) is 0 Å². The lowest BCUT2D eigenvalue weighted by Gasteiger charge is -2.18. The van der Waals surface area contributed by atoms with Crippen molar-refractivity contribution in [3.05, 3.63) is 63.3 Å². The first-order valence-electron chi connectivity index (χ1n) is 7.23. The van der Waals surface area contributed by atoms with Crippen molar-refractivity contribution in [2.45, 2.75) is 6.92 Å². The SMILES string of the molecule is Cc1ccc2[nH]c(C(=O)N(C)c3cccc(Cl)c3Cl)c(C=O)c2c1. The second-order valence-electron chi connectivity index (χ2n) is 5.52. The van der Waals surface area contributed by atoms with Crippen LogP contribution in [0.3, 0.4) is 0 Å². The topological polar surface area (TPSA) is 53.2 Å². The molecule has 4 nitrogen and oxygen atoms in total. The molecule has 0 saturated carbocycles. The number of nitrogens with zero attached hydrogens (tertiary/aromatic N) is 1. The van der Waals surface area contributed by atoms with E-state index >= 15 is 0 Å². The van der Waals surface area contributed by atoms with Crippen molar-refractivity contribution in [2.24, 2.45) is 0 Å². The first kappa shape index (κ1) is 16.6. The quantitative estimate of drug-likeness (QED) is 0.677. The van der Waals surface area contributed by atoms with Crippen LogP contribution in [-0.4, -0.2) is 24.2 Å². The van der Waals surface area contributed by atoms with E-state index in [9.17, 15) is 9.59 Å². The fourth-order valence-electron chi connectivity index (χ4n) is 2.65. The van der Waals surface area contributed by atoms with Crippen LogP contribution in [0.2, 0.25) is 10.0 Å². The number of halogens is 2. The van der Waals surface area contributed by atoms with E-state index in [-0.39, 0.29) is 16.6 Å². The van der Waals surface area contributed by atoms with Gasteiger partial charge in [0.05, 0.1) is 21.3 Å². The highest BCUT2D eigenvalue weighted by molar-refractivity contribution is 6.44. The highest BCUT2D eigenvalue weighted by Gasteiger charge is 2.23. The van der Waals surface area contributed by atoms with Gasteiger partial charge in [0.1, 0.15) is 5.69 Å². The number of rotatable bonds is 3. The number of carbonyl (C=O) groups excluding carboxylic acids is 2. The van der Waals surface area contributed by atoms with Crippen LogP contribution in [0, 0.1) is 6.92 Å². The zero-order valence-electron chi connectivity index (χ0n) is 13.1. The van der Waals surface area contributed by atoms with Crippen LogP contribution < -0.4 is 4.90 Å². The van der Waals surface area contributed by atoms with Crippen molar-refractivity contribution in [2.75, 3.05) is 11.9 Å². The molecule has 3 aromatic rings. The van der Waals surface area contributed by atoms with Crippen molar-refractivity contribution in [3.63, 3.8) is 0 Å². The summed E-state index contributed by atoms with van der Waals surface area (Å²) in [5.41, 5.74) is 2.78. The van der Waals surface area contributed by atoms with Crippen LogP contribution in [0.1, 0.15) is 26.4 Å². The Hall–Kier alpha value is -2.30. The molecular weight excluding hydrogens is 347 g/mol. The van der Waals surface area contributed by atoms with E-state index in [2.05, 4.69) is 4.98 Å². The van der Waals surface area contributed by atoms with E-state index in [1.54, 1.807) is 25.2 Å². The Morgan fingerprint density at radius 1 is 1.21 bits per heavy atom. The normalized spacial score (nSPS) is 10.8. The number of aldehydes is 1. The van der Waals surface area contributed by atoms with E-state index in [1.165, 1.54) is 4.90 Å². The summed E-state index contributed by atoms with van der Waals surface area (Å²) in [5.74, 6) is -0.366. The van der Waals surface area contributed by atoms with Gasteiger partial charge >= 0.3 is 0 Å². The molecule has 0 aliphatic carbocycles. The number of fused-ring (bicyclic) bond motifs is 1. The molecule has 0 aliphatic rings. The zero-order chi connectivity index (χ0) is 17.4. The fraction of sp³-hybridized carbons (Fsp3) is 0.111. The Labute approximate surface area is 149 Å². The number of anilines is 1. The van der Waals surface area contributed by atoms with E-state index in [0.29, 0.717) is 22.6 Å². The number of aromatic amines is 1. The number of nitrogens with one attached hydrogen (secondary N) is 1. The summed E-state index contributed by atoms with van der Waals surface area (Å²) in [7, 11) is 1.59. The molecule has 1 heterocycles. The summed E-state index contributed by atoms with van der Waals surface area (Å²) < 4.78 is 0. The maximum Gasteiger partial charge on any atom is 0.275 e. The summed E-state index contributed by atoms with van der Waals surface area (Å²) in [6.07, 6.45) is 0.693. The average molecular weight is 361 g/mol. The van der Waals surface area contributed by atoms with Crippen molar-refractivity contribution >= 4 is 52.0 Å². The number of aromatic nitrogens is 1. The second-order valence-corrected chi connectivity index (χ2v) is 6.30. The van der Waals surface area contributed by atoms with Gasteiger partial charge in [-0.2, -0.15) is 0 Å².